The topological polar surface area (TPSA) is 15.5 Å². The van der Waals surface area contributed by atoms with Gasteiger partial charge in [-0.3, -0.25) is 0 Å². The molecule has 1 saturated carbocycles. The second kappa shape index (κ2) is 32.1. The van der Waals surface area contributed by atoms with Gasteiger partial charge >= 0.3 is 358 Å². The number of aromatic nitrogens is 4. The molecule has 0 bridgehead atoms. The van der Waals surface area contributed by atoms with Gasteiger partial charge in [-0.1, -0.05) is 101 Å². The number of pyridine rings is 4. The van der Waals surface area contributed by atoms with E-state index >= 15 is 0 Å². The van der Waals surface area contributed by atoms with Gasteiger partial charge in [-0.25, -0.2) is 4.57 Å². The summed E-state index contributed by atoms with van der Waals surface area (Å²) in [6, 6.07) is 44.8. The number of nitrogens with zero attached hydrogens (tertiary/aromatic N) is 4. The summed E-state index contributed by atoms with van der Waals surface area (Å²) in [5.41, 5.74) is 22.3. The van der Waals surface area contributed by atoms with Gasteiger partial charge in [-0.15, -0.1) is 0 Å². The summed E-state index contributed by atoms with van der Waals surface area (Å²) in [4.78, 5) is 0. The van der Waals surface area contributed by atoms with Crippen molar-refractivity contribution < 1.29 is 18.3 Å². The summed E-state index contributed by atoms with van der Waals surface area (Å²) in [6.45, 7) is 27.7. The van der Waals surface area contributed by atoms with Crippen LogP contribution in [-0.2, 0) is 46.4 Å². The number of rotatable bonds is 11. The van der Waals surface area contributed by atoms with Gasteiger partial charge in [0.15, 0.2) is 6.20 Å². The zero-order valence-electron chi connectivity index (χ0n) is 58.0. The molecule has 476 valence electrons. The van der Waals surface area contributed by atoms with E-state index in [4.69, 9.17) is 0 Å². The Balaban J connectivity index is 0.000000308. The second-order valence-corrected chi connectivity index (χ2v) is 67.0. The van der Waals surface area contributed by atoms with Crippen LogP contribution in [0.5, 0.6) is 0 Å². The van der Waals surface area contributed by atoms with Gasteiger partial charge in [0.2, 0.25) is 5.69 Å². The fourth-order valence-electron chi connectivity index (χ4n) is 12.4. The van der Waals surface area contributed by atoms with Gasteiger partial charge in [0.25, 0.3) is 0 Å². The average molecular weight is 1390 g/mol. The van der Waals surface area contributed by atoms with Crippen molar-refractivity contribution in [1.82, 2.24) is 0 Å². The molecule has 4 nitrogen and oxygen atoms in total. The molecular formula is C80H124Ge3N4Si+4. The Morgan fingerprint density at radius 2 is 0.852 bits per heavy atom. The monoisotopic (exact) mass is 1390 g/mol. The Bertz CT molecular complexity index is 3590. The van der Waals surface area contributed by atoms with Crippen molar-refractivity contribution in [1.29, 1.82) is 0 Å². The van der Waals surface area contributed by atoms with E-state index in [9.17, 15) is 0 Å². The quantitative estimate of drug-likeness (QED) is 0.0906. The summed E-state index contributed by atoms with van der Waals surface area (Å²) >= 11 is -5.30. The van der Waals surface area contributed by atoms with Gasteiger partial charge in [0.05, 0.1) is 8.07 Å². The van der Waals surface area contributed by atoms with E-state index in [0.29, 0.717) is 0 Å². The van der Waals surface area contributed by atoms with Gasteiger partial charge < -0.3 is 0 Å². The summed E-state index contributed by atoms with van der Waals surface area (Å²) in [6.07, 6.45) is 17.6. The van der Waals surface area contributed by atoms with Crippen LogP contribution in [0.3, 0.4) is 0 Å². The van der Waals surface area contributed by atoms with Gasteiger partial charge in [-0.2, -0.15) is 0 Å². The number of benzene rings is 4. The predicted octanol–water partition coefficient (Wildman–Crippen LogP) is 17.9. The summed E-state index contributed by atoms with van der Waals surface area (Å²) in [5.74, 6) is 23.0. The van der Waals surface area contributed by atoms with Crippen LogP contribution in [-0.4, -0.2) is 47.9 Å². The minimum absolute atomic E-state index is 0. The number of aryl methyl sites for hydroxylation is 10. The Hall–Kier alpha value is -4.67. The van der Waals surface area contributed by atoms with Gasteiger partial charge in [0, 0.05) is 17.2 Å². The molecule has 0 saturated heterocycles. The Kier molecular flexibility index (Phi) is 28.3. The van der Waals surface area contributed by atoms with Crippen molar-refractivity contribution in [2.75, 3.05) is 0 Å². The van der Waals surface area contributed by atoms with Crippen molar-refractivity contribution >= 4 is 66.2 Å². The molecule has 0 aliphatic heterocycles. The molecule has 8 heteroatoms. The Morgan fingerprint density at radius 1 is 0.432 bits per heavy atom. The van der Waals surface area contributed by atoms with Crippen LogP contribution in [0, 0.1) is 40.5 Å². The third kappa shape index (κ3) is 20.2. The van der Waals surface area contributed by atoms with Crippen LogP contribution in [0.25, 0.3) is 45.0 Å². The van der Waals surface area contributed by atoms with Crippen LogP contribution < -0.4 is 36.6 Å². The minimum atomic E-state index is -1.81. The van der Waals surface area contributed by atoms with Gasteiger partial charge in [0.1, 0.15) is 7.05 Å². The van der Waals surface area contributed by atoms with Crippen molar-refractivity contribution in [2.24, 2.45) is 34.1 Å². The van der Waals surface area contributed by atoms with Crippen LogP contribution in [0.2, 0.25) is 71.4 Å². The van der Waals surface area contributed by atoms with E-state index in [0.717, 1.165) is 12.3 Å². The van der Waals surface area contributed by atoms with Crippen LogP contribution in [0.4, 0.5) is 0 Å². The Labute approximate surface area is 549 Å². The maximum absolute atomic E-state index is 2.54. The maximum atomic E-state index is 2.54. The van der Waals surface area contributed by atoms with Crippen molar-refractivity contribution in [2.45, 2.75) is 200 Å². The van der Waals surface area contributed by atoms with E-state index in [1.165, 1.54) is 116 Å². The predicted molar refractivity (Wildman–Crippen MR) is 402 cm³/mol. The normalized spacial score (nSPS) is 12.6. The van der Waals surface area contributed by atoms with Gasteiger partial charge in [-0.05, 0) is 47.1 Å². The SMILES string of the molecule is C.C.C.CCc1cc(-c2ccccc2C)[n+](C)c[c]1[Ge]([CH3])([CH3])[CH3].Cc1cc(C(C)(C)C)ccc1-c1cc([Si](C)(C)C)c(CC2CCCC2)c[n+]1C.Cc1ccccc1-c1cc(C)[c]([Ge]([CH3])([CH3])[CH3])c[n+]1C.Cc1ccccc1-c1cc[c]([Ge]([CH3])([CH3])[CH3])c[n+]1C. The third-order valence-corrected chi connectivity index (χ3v) is 32.8. The summed E-state index contributed by atoms with van der Waals surface area (Å²) < 4.78 is 14.0. The van der Waals surface area contributed by atoms with E-state index in [2.05, 4.69) is 326 Å². The molecule has 1 aliphatic carbocycles. The van der Waals surface area contributed by atoms with Crippen molar-refractivity contribution in [3.8, 4) is 45.0 Å². The molecule has 0 atom stereocenters. The molecule has 1 aliphatic rings. The van der Waals surface area contributed by atoms with E-state index in [1.807, 2.05) is 0 Å². The molecule has 4 aromatic heterocycles. The first-order chi connectivity index (χ1) is 39.5. The van der Waals surface area contributed by atoms with E-state index in [-0.39, 0.29) is 27.7 Å². The first-order valence-corrected chi connectivity index (χ1v) is 57.4. The first-order valence-electron chi connectivity index (χ1n) is 31.9. The molecule has 0 amide bonds. The second-order valence-electron chi connectivity index (χ2n) is 30.1. The average Bonchev–Trinajstić information content (AvgIpc) is 3.14. The third-order valence-electron chi connectivity index (χ3n) is 17.6. The molecule has 0 unspecified atom stereocenters. The first kappa shape index (κ1) is 77.6. The zero-order valence-corrected chi connectivity index (χ0v) is 65.3. The van der Waals surface area contributed by atoms with Crippen molar-refractivity contribution in [3.05, 3.63) is 191 Å². The molecule has 88 heavy (non-hydrogen) atoms. The molecule has 0 N–H and O–H groups in total. The fraction of sp³-hybridized carbons (Fsp3) is 0.450. The molecule has 4 aromatic carbocycles. The fourth-order valence-corrected chi connectivity index (χ4v) is 24.2. The molecule has 9 rings (SSSR count). The summed E-state index contributed by atoms with van der Waals surface area (Å²) in [7, 11) is 7.32. The molecule has 4 heterocycles. The van der Waals surface area contributed by atoms with E-state index in [1.54, 1.807) is 23.9 Å². The van der Waals surface area contributed by atoms with Crippen LogP contribution in [0.15, 0.2) is 146 Å². The molecule has 1 fully saturated rings. The molecule has 8 aromatic rings. The molecule has 0 radical (unpaired) electrons. The molecule has 0 spiro atoms. The Morgan fingerprint density at radius 3 is 1.27 bits per heavy atom. The zero-order chi connectivity index (χ0) is 63.1. The van der Waals surface area contributed by atoms with E-state index < -0.39 is 47.9 Å². The van der Waals surface area contributed by atoms with Crippen molar-refractivity contribution in [3.63, 3.8) is 0 Å². The number of hydrogen-bond donors (Lipinski definition) is 0. The molecular weight excluding hydrogens is 1260 g/mol. The van der Waals surface area contributed by atoms with Crippen LogP contribution in [0.1, 0.15) is 120 Å². The van der Waals surface area contributed by atoms with Crippen LogP contribution >= 0.6 is 0 Å². The standard InChI is InChI=1S/C26H40NSi.C18H26GeN.C17H24GeN.C16H22GeN.3CH4/c1-19-15-22(26(2,3)4)13-14-23(19)24-17-25(28(6,7)8)21(18-27(24)5)16-20-11-9-10-12-20;1-7-15-12-18(16-11-9-8-10-14(16)2)20(6)13-17(15)19(3,4)5;1-13-9-7-8-10-15(13)17-11-14(2)16(12-19(17)6)18(3,4)5;1-13-8-6-7-9-15(13)16-11-10-14(12-18(16)5)17(2,3)4;;;/h13-15,17-18,20H,9-12,16H2,1-8H3;8-13H,7H2,1-6H3;7-12H,1-6H3;6-12H,1-5H3;3*1H4/q4*+1;;;. The summed E-state index contributed by atoms with van der Waals surface area (Å²) in [5, 5.41) is 1.66. The number of hydrogen-bond acceptors (Lipinski definition) is 0.